The SMILES string of the molecule is CCNC(=NCC(CCO)CC(C)C)NCC1CCCN(Cc2cccs2)C1.I. The second-order valence-electron chi connectivity index (χ2n) is 8.43. The predicted molar refractivity (Wildman–Crippen MR) is 136 cm³/mol. The van der Waals surface area contributed by atoms with Gasteiger partial charge in [-0.2, -0.15) is 0 Å². The molecule has 7 heteroatoms. The van der Waals surface area contributed by atoms with Crippen molar-refractivity contribution in [3.63, 3.8) is 0 Å². The Hall–Kier alpha value is -0.380. The maximum Gasteiger partial charge on any atom is 0.191 e. The number of nitrogens with zero attached hydrogens (tertiary/aromatic N) is 2. The van der Waals surface area contributed by atoms with Crippen LogP contribution in [-0.2, 0) is 6.54 Å². The van der Waals surface area contributed by atoms with E-state index in [-0.39, 0.29) is 30.6 Å². The molecule has 2 unspecified atom stereocenters. The van der Waals surface area contributed by atoms with E-state index < -0.39 is 0 Å². The van der Waals surface area contributed by atoms with E-state index in [9.17, 15) is 5.11 Å². The average Bonchev–Trinajstić information content (AvgIpc) is 3.17. The van der Waals surface area contributed by atoms with E-state index in [4.69, 9.17) is 4.99 Å². The first-order chi connectivity index (χ1) is 13.6. The van der Waals surface area contributed by atoms with Crippen molar-refractivity contribution in [3.8, 4) is 0 Å². The number of rotatable bonds is 11. The van der Waals surface area contributed by atoms with Crippen LogP contribution in [0.3, 0.4) is 0 Å². The zero-order valence-corrected chi connectivity index (χ0v) is 21.5. The Bertz CT molecular complexity index is 553. The molecule has 1 aromatic heterocycles. The smallest absolute Gasteiger partial charge is 0.191 e. The van der Waals surface area contributed by atoms with Gasteiger partial charge in [-0.3, -0.25) is 9.89 Å². The summed E-state index contributed by atoms with van der Waals surface area (Å²) in [5.74, 6) is 2.68. The third-order valence-electron chi connectivity index (χ3n) is 5.31. The van der Waals surface area contributed by atoms with E-state index >= 15 is 0 Å². The summed E-state index contributed by atoms with van der Waals surface area (Å²) < 4.78 is 0. The normalized spacial score (nSPS) is 19.1. The molecule has 29 heavy (non-hydrogen) atoms. The average molecular weight is 537 g/mol. The van der Waals surface area contributed by atoms with Gasteiger partial charge in [-0.25, -0.2) is 0 Å². The number of piperidine rings is 1. The van der Waals surface area contributed by atoms with Gasteiger partial charge in [0.1, 0.15) is 0 Å². The standard InChI is InChI=1S/C22H40N4OS.HI/c1-4-23-22(24-14-19(9-11-27)13-18(2)3)25-15-20-7-5-10-26(16-20)17-21-8-6-12-28-21;/h6,8,12,18-20,27H,4-5,7,9-11,13-17H2,1-3H3,(H2,23,24,25);1H. The minimum atomic E-state index is 0. The van der Waals surface area contributed by atoms with E-state index in [1.54, 1.807) is 0 Å². The van der Waals surface area contributed by atoms with E-state index in [2.05, 4.69) is 53.8 Å². The minimum absolute atomic E-state index is 0. The maximum atomic E-state index is 9.32. The number of likely N-dealkylation sites (tertiary alicyclic amines) is 1. The van der Waals surface area contributed by atoms with Crippen molar-refractivity contribution in [3.05, 3.63) is 22.4 Å². The number of hydrogen-bond donors (Lipinski definition) is 3. The lowest BCUT2D eigenvalue weighted by atomic mass is 9.94. The van der Waals surface area contributed by atoms with Crippen molar-refractivity contribution in [1.29, 1.82) is 0 Å². The zero-order valence-electron chi connectivity index (χ0n) is 18.4. The molecule has 0 aromatic carbocycles. The monoisotopic (exact) mass is 536 g/mol. The van der Waals surface area contributed by atoms with Crippen molar-refractivity contribution in [1.82, 2.24) is 15.5 Å². The van der Waals surface area contributed by atoms with Gasteiger partial charge in [0, 0.05) is 44.2 Å². The molecule has 0 saturated carbocycles. The quantitative estimate of drug-likeness (QED) is 0.226. The van der Waals surface area contributed by atoms with Crippen molar-refractivity contribution < 1.29 is 5.11 Å². The topological polar surface area (TPSA) is 59.9 Å². The highest BCUT2D eigenvalue weighted by atomic mass is 127. The molecule has 0 spiro atoms. The highest BCUT2D eigenvalue weighted by Crippen LogP contribution is 2.20. The minimum Gasteiger partial charge on any atom is -0.396 e. The van der Waals surface area contributed by atoms with Crippen LogP contribution < -0.4 is 10.6 Å². The van der Waals surface area contributed by atoms with Crippen molar-refractivity contribution in [2.45, 2.75) is 53.0 Å². The molecule has 1 saturated heterocycles. The molecule has 0 aliphatic carbocycles. The Labute approximate surface area is 198 Å². The summed E-state index contributed by atoms with van der Waals surface area (Å²) in [6, 6.07) is 4.38. The summed E-state index contributed by atoms with van der Waals surface area (Å²) in [5.41, 5.74) is 0. The van der Waals surface area contributed by atoms with E-state index in [1.807, 2.05) is 11.3 Å². The predicted octanol–water partition coefficient (Wildman–Crippen LogP) is 4.18. The highest BCUT2D eigenvalue weighted by molar-refractivity contribution is 14.0. The third-order valence-corrected chi connectivity index (χ3v) is 6.18. The van der Waals surface area contributed by atoms with Gasteiger partial charge in [-0.15, -0.1) is 35.3 Å². The van der Waals surface area contributed by atoms with Crippen LogP contribution >= 0.6 is 35.3 Å². The number of hydrogen-bond acceptors (Lipinski definition) is 4. The number of halogens is 1. The van der Waals surface area contributed by atoms with Crippen molar-refractivity contribution in [2.24, 2.45) is 22.7 Å². The molecule has 2 rings (SSSR count). The fraction of sp³-hybridized carbons (Fsp3) is 0.773. The second-order valence-corrected chi connectivity index (χ2v) is 9.46. The number of aliphatic hydroxyl groups is 1. The van der Waals surface area contributed by atoms with Crippen LogP contribution in [0.1, 0.15) is 51.3 Å². The number of guanidine groups is 1. The van der Waals surface area contributed by atoms with Gasteiger partial charge in [0.2, 0.25) is 0 Å². The summed E-state index contributed by atoms with van der Waals surface area (Å²) in [6.45, 7) is 12.9. The maximum absolute atomic E-state index is 9.32. The first-order valence-electron chi connectivity index (χ1n) is 11.0. The molecule has 0 amide bonds. The summed E-state index contributed by atoms with van der Waals surface area (Å²) >= 11 is 1.86. The zero-order chi connectivity index (χ0) is 20.2. The summed E-state index contributed by atoms with van der Waals surface area (Å²) in [7, 11) is 0. The lowest BCUT2D eigenvalue weighted by Crippen LogP contribution is -2.44. The van der Waals surface area contributed by atoms with Crippen molar-refractivity contribution >= 4 is 41.3 Å². The van der Waals surface area contributed by atoms with Crippen LogP contribution in [-0.4, -0.2) is 55.3 Å². The van der Waals surface area contributed by atoms with Gasteiger partial charge in [-0.1, -0.05) is 19.9 Å². The van der Waals surface area contributed by atoms with Gasteiger partial charge >= 0.3 is 0 Å². The number of aliphatic imine (C=N–C) groups is 1. The van der Waals surface area contributed by atoms with Crippen LogP contribution in [0.15, 0.2) is 22.5 Å². The van der Waals surface area contributed by atoms with E-state index in [0.29, 0.717) is 17.8 Å². The molecule has 0 radical (unpaired) electrons. The van der Waals surface area contributed by atoms with Gasteiger partial charge in [-0.05, 0) is 68.4 Å². The van der Waals surface area contributed by atoms with Gasteiger partial charge in [0.05, 0.1) is 0 Å². The molecule has 0 bridgehead atoms. The molecule has 3 N–H and O–H groups in total. The first kappa shape index (κ1) is 26.7. The molecule has 1 aromatic rings. The molecular weight excluding hydrogens is 495 g/mol. The summed E-state index contributed by atoms with van der Waals surface area (Å²) in [6.07, 6.45) is 4.51. The Kier molecular flexibility index (Phi) is 14.2. The molecule has 168 valence electrons. The van der Waals surface area contributed by atoms with Gasteiger partial charge < -0.3 is 15.7 Å². The van der Waals surface area contributed by atoms with Gasteiger partial charge in [0.15, 0.2) is 5.96 Å². The fourth-order valence-corrected chi connectivity index (χ4v) is 4.77. The van der Waals surface area contributed by atoms with Crippen LogP contribution in [0.2, 0.25) is 0 Å². The number of thiophene rings is 1. The van der Waals surface area contributed by atoms with Crippen LogP contribution in [0, 0.1) is 17.8 Å². The summed E-state index contributed by atoms with van der Waals surface area (Å²) in [5, 5.41) is 18.5. The molecule has 1 fully saturated rings. The van der Waals surface area contributed by atoms with Crippen LogP contribution in [0.25, 0.3) is 0 Å². The number of aliphatic hydroxyl groups excluding tert-OH is 1. The fourth-order valence-electron chi connectivity index (χ4n) is 4.02. The molecule has 2 atom stereocenters. The Balaban J connectivity index is 0.00000420. The lowest BCUT2D eigenvalue weighted by Gasteiger charge is -2.32. The Morgan fingerprint density at radius 3 is 2.86 bits per heavy atom. The molecule has 1 aliphatic rings. The number of nitrogens with one attached hydrogen (secondary N) is 2. The summed E-state index contributed by atoms with van der Waals surface area (Å²) in [4.78, 5) is 8.87. The highest BCUT2D eigenvalue weighted by Gasteiger charge is 2.20. The van der Waals surface area contributed by atoms with Crippen molar-refractivity contribution in [2.75, 3.05) is 39.3 Å². The molecule has 2 heterocycles. The molecular formula is C22H41IN4OS. The molecule has 5 nitrogen and oxygen atoms in total. The van der Waals surface area contributed by atoms with E-state index in [0.717, 1.165) is 51.5 Å². The Morgan fingerprint density at radius 2 is 2.21 bits per heavy atom. The lowest BCUT2D eigenvalue weighted by molar-refractivity contribution is 0.169. The molecule has 1 aliphatic heterocycles. The van der Waals surface area contributed by atoms with Crippen LogP contribution in [0.4, 0.5) is 0 Å². The third kappa shape index (κ3) is 11.0. The van der Waals surface area contributed by atoms with E-state index in [1.165, 1.54) is 24.3 Å². The van der Waals surface area contributed by atoms with Crippen LogP contribution in [0.5, 0.6) is 0 Å². The second kappa shape index (κ2) is 15.4. The Morgan fingerprint density at radius 1 is 1.38 bits per heavy atom. The van der Waals surface area contributed by atoms with Gasteiger partial charge in [0.25, 0.3) is 0 Å². The largest absolute Gasteiger partial charge is 0.396 e. The first-order valence-corrected chi connectivity index (χ1v) is 11.9.